The van der Waals surface area contributed by atoms with E-state index >= 15 is 0 Å². The summed E-state index contributed by atoms with van der Waals surface area (Å²) in [6, 6.07) is 6.70. The van der Waals surface area contributed by atoms with Gasteiger partial charge in [-0.3, -0.25) is 14.4 Å². The Balaban J connectivity index is 1.85. The maximum atomic E-state index is 13.1. The van der Waals surface area contributed by atoms with Crippen molar-refractivity contribution in [3.05, 3.63) is 29.8 Å². The van der Waals surface area contributed by atoms with Crippen molar-refractivity contribution in [3.8, 4) is 5.75 Å². The summed E-state index contributed by atoms with van der Waals surface area (Å²) >= 11 is 0. The molecule has 2 rings (SSSR count). The molecule has 4 unspecified atom stereocenters. The highest BCUT2D eigenvalue weighted by atomic mass is 16.5. The van der Waals surface area contributed by atoms with Gasteiger partial charge in [-0.2, -0.15) is 0 Å². The van der Waals surface area contributed by atoms with Crippen LogP contribution in [0.2, 0.25) is 0 Å². The zero-order chi connectivity index (χ0) is 33.4. The van der Waals surface area contributed by atoms with Crippen LogP contribution in [0.25, 0.3) is 0 Å². The highest BCUT2D eigenvalue weighted by molar-refractivity contribution is 5.96. The molecule has 1 aromatic rings. The Kier molecular flexibility index (Phi) is 17.5. The molecule has 3 amide bonds. The number of piperidine rings is 1. The van der Waals surface area contributed by atoms with Crippen LogP contribution in [0.5, 0.6) is 5.75 Å². The summed E-state index contributed by atoms with van der Waals surface area (Å²) in [5.41, 5.74) is 7.00. The van der Waals surface area contributed by atoms with Gasteiger partial charge in [-0.05, 0) is 80.8 Å². The number of nitrogens with one attached hydrogen (secondary N) is 2. The van der Waals surface area contributed by atoms with Crippen LogP contribution in [0.1, 0.15) is 89.9 Å². The maximum Gasteiger partial charge on any atom is 0.255 e. The largest absolute Gasteiger partial charge is 0.493 e. The Morgan fingerprint density at radius 1 is 1.00 bits per heavy atom. The van der Waals surface area contributed by atoms with E-state index in [2.05, 4.69) is 24.5 Å². The minimum Gasteiger partial charge on any atom is -0.493 e. The summed E-state index contributed by atoms with van der Waals surface area (Å²) in [7, 11) is 1.67. The topological polar surface area (TPSA) is 143 Å². The predicted octanol–water partition coefficient (Wildman–Crippen LogP) is 4.00. The lowest BCUT2D eigenvalue weighted by Gasteiger charge is -2.32. The van der Waals surface area contributed by atoms with Crippen molar-refractivity contribution in [2.75, 3.05) is 46.5 Å². The number of carbonyl (C=O) groups excluding carboxylic acids is 3. The fourth-order valence-corrected chi connectivity index (χ4v) is 5.91. The molecule has 4 atom stereocenters. The zero-order valence-corrected chi connectivity index (χ0v) is 28.6. The number of hydrogen-bond donors (Lipinski definition) is 4. The van der Waals surface area contributed by atoms with E-state index in [4.69, 9.17) is 15.2 Å². The monoisotopic (exact) mass is 632 g/mol. The number of aliphatic hydroxyl groups excluding tert-OH is 1. The Bertz CT molecular complexity index is 1030. The lowest BCUT2D eigenvalue weighted by atomic mass is 9.83. The number of amides is 3. The number of methoxy groups -OCH3 is 1. The van der Waals surface area contributed by atoms with Gasteiger partial charge in [0.2, 0.25) is 11.8 Å². The van der Waals surface area contributed by atoms with E-state index < -0.39 is 12.1 Å². The van der Waals surface area contributed by atoms with E-state index in [1.54, 1.807) is 26.2 Å². The van der Waals surface area contributed by atoms with Crippen LogP contribution in [0.15, 0.2) is 24.3 Å². The molecule has 1 aliphatic rings. The van der Waals surface area contributed by atoms with Crippen molar-refractivity contribution in [3.63, 3.8) is 0 Å². The molecule has 10 heteroatoms. The van der Waals surface area contributed by atoms with Gasteiger partial charge < -0.3 is 35.8 Å². The fraction of sp³-hybridized carbons (Fsp3) is 0.743. The van der Waals surface area contributed by atoms with Crippen molar-refractivity contribution in [2.24, 2.45) is 35.3 Å². The number of benzene rings is 1. The summed E-state index contributed by atoms with van der Waals surface area (Å²) in [6.07, 6.45) is 4.49. The molecule has 0 saturated carbocycles. The first-order valence-corrected chi connectivity index (χ1v) is 16.9. The third-order valence-electron chi connectivity index (χ3n) is 9.22. The molecule has 0 aromatic heterocycles. The highest BCUT2D eigenvalue weighted by Crippen LogP contribution is 2.25. The zero-order valence-electron chi connectivity index (χ0n) is 28.6. The number of ether oxygens (including phenoxy) is 2. The first kappa shape index (κ1) is 38.5. The van der Waals surface area contributed by atoms with Crippen LogP contribution >= 0.6 is 0 Å². The first-order chi connectivity index (χ1) is 21.4. The van der Waals surface area contributed by atoms with Gasteiger partial charge in [0.25, 0.3) is 5.91 Å². The highest BCUT2D eigenvalue weighted by Gasteiger charge is 2.30. The van der Waals surface area contributed by atoms with E-state index in [-0.39, 0.29) is 47.8 Å². The van der Waals surface area contributed by atoms with Crippen LogP contribution in [-0.4, -0.2) is 86.4 Å². The third-order valence-corrected chi connectivity index (χ3v) is 9.22. The molecule has 5 N–H and O–H groups in total. The van der Waals surface area contributed by atoms with Gasteiger partial charge in [0.1, 0.15) is 5.75 Å². The number of likely N-dealkylation sites (tertiary alicyclic amines) is 1. The van der Waals surface area contributed by atoms with Gasteiger partial charge in [-0.15, -0.1) is 0 Å². The van der Waals surface area contributed by atoms with Crippen LogP contribution in [-0.2, 0) is 14.3 Å². The van der Waals surface area contributed by atoms with Gasteiger partial charge in [0.05, 0.1) is 18.3 Å². The molecule has 1 fully saturated rings. The smallest absolute Gasteiger partial charge is 0.255 e. The second kappa shape index (κ2) is 20.4. The molecule has 45 heavy (non-hydrogen) atoms. The van der Waals surface area contributed by atoms with Crippen LogP contribution < -0.4 is 21.1 Å². The van der Waals surface area contributed by atoms with Crippen LogP contribution in [0, 0.1) is 29.6 Å². The molecular formula is C35H60N4O6. The van der Waals surface area contributed by atoms with Gasteiger partial charge in [0, 0.05) is 58.8 Å². The SMILES string of the molecule is COCCCCOc1ccccc1C(=O)NCC(CC(N)C(O)CC(C(=O)NCCC1CCN(C(C)=O)CC1)C(C)C)C(C)C. The average Bonchev–Trinajstić information content (AvgIpc) is 3.01. The number of carbonyl (C=O) groups is 3. The molecule has 10 nitrogen and oxygen atoms in total. The lowest BCUT2D eigenvalue weighted by molar-refractivity contribution is -0.130. The van der Waals surface area contributed by atoms with Crippen molar-refractivity contribution < 1.29 is 29.0 Å². The molecule has 1 aromatic carbocycles. The molecule has 0 spiro atoms. The van der Waals surface area contributed by atoms with E-state index in [0.717, 1.165) is 45.2 Å². The molecule has 1 aliphatic heterocycles. The van der Waals surface area contributed by atoms with Crippen LogP contribution in [0.4, 0.5) is 0 Å². The standard InChI is InChI=1S/C35H60N4O6/c1-24(2)28(23-38-34(42)29-11-7-8-12-33(29)45-20-10-9-19-44-6)21-31(36)32(41)22-30(25(3)4)35(43)37-16-13-27-14-17-39(18-15-27)26(5)40/h7-8,11-12,24-25,27-28,30-32,41H,9-10,13-23,36H2,1-6H3,(H,37,43)(H,38,42). The number of nitrogens with zero attached hydrogens (tertiary/aromatic N) is 1. The van der Waals surface area contributed by atoms with Crippen molar-refractivity contribution in [2.45, 2.75) is 91.7 Å². The first-order valence-electron chi connectivity index (χ1n) is 16.9. The van der Waals surface area contributed by atoms with Crippen LogP contribution in [0.3, 0.4) is 0 Å². The minimum absolute atomic E-state index is 0.0430. The van der Waals surface area contributed by atoms with Crippen molar-refractivity contribution >= 4 is 17.7 Å². The second-order valence-electron chi connectivity index (χ2n) is 13.3. The lowest BCUT2D eigenvalue weighted by Crippen LogP contribution is -2.44. The molecule has 0 radical (unpaired) electrons. The predicted molar refractivity (Wildman–Crippen MR) is 178 cm³/mol. The third kappa shape index (κ3) is 13.7. The van der Waals surface area contributed by atoms with Crippen molar-refractivity contribution in [1.29, 1.82) is 0 Å². The normalized spacial score (nSPS) is 16.7. The van der Waals surface area contributed by atoms with E-state index in [0.29, 0.717) is 50.0 Å². The summed E-state index contributed by atoms with van der Waals surface area (Å²) in [5.74, 6) is 0.882. The molecule has 1 saturated heterocycles. The minimum atomic E-state index is -0.844. The number of rotatable bonds is 20. The number of hydrogen-bond acceptors (Lipinski definition) is 7. The maximum absolute atomic E-state index is 13.1. The van der Waals surface area contributed by atoms with E-state index in [1.165, 1.54) is 0 Å². The summed E-state index contributed by atoms with van der Waals surface area (Å²) in [6.45, 7) is 13.5. The number of unbranched alkanes of at least 4 members (excludes halogenated alkanes) is 1. The molecule has 0 bridgehead atoms. The fourth-order valence-electron chi connectivity index (χ4n) is 5.91. The number of para-hydroxylation sites is 1. The quantitative estimate of drug-likeness (QED) is 0.159. The molecule has 1 heterocycles. The van der Waals surface area contributed by atoms with Gasteiger partial charge >= 0.3 is 0 Å². The molecule has 256 valence electrons. The second-order valence-corrected chi connectivity index (χ2v) is 13.3. The summed E-state index contributed by atoms with van der Waals surface area (Å²) < 4.78 is 11.0. The Morgan fingerprint density at radius 2 is 1.67 bits per heavy atom. The average molecular weight is 633 g/mol. The summed E-state index contributed by atoms with van der Waals surface area (Å²) in [4.78, 5) is 39.7. The Labute approximate surface area is 271 Å². The van der Waals surface area contributed by atoms with E-state index in [1.807, 2.05) is 30.9 Å². The van der Waals surface area contributed by atoms with Crippen molar-refractivity contribution in [1.82, 2.24) is 15.5 Å². The Hall–Kier alpha value is -2.69. The van der Waals surface area contributed by atoms with Gasteiger partial charge in [0.15, 0.2) is 0 Å². The van der Waals surface area contributed by atoms with Gasteiger partial charge in [-0.1, -0.05) is 39.8 Å². The molecular weight excluding hydrogens is 572 g/mol. The van der Waals surface area contributed by atoms with E-state index in [9.17, 15) is 19.5 Å². The molecule has 0 aliphatic carbocycles. The Morgan fingerprint density at radius 3 is 2.29 bits per heavy atom. The number of aliphatic hydroxyl groups is 1. The van der Waals surface area contributed by atoms with Gasteiger partial charge in [-0.25, -0.2) is 0 Å². The summed E-state index contributed by atoms with van der Waals surface area (Å²) in [5, 5.41) is 17.2. The number of nitrogens with two attached hydrogens (primary N) is 1.